The van der Waals surface area contributed by atoms with Crippen LogP contribution in [0.1, 0.15) is 56.7 Å². The Kier molecular flexibility index (Phi) is 3.77. The summed E-state index contributed by atoms with van der Waals surface area (Å²) in [6.07, 6.45) is 3.76. The third-order valence-electron chi connectivity index (χ3n) is 6.46. The van der Waals surface area contributed by atoms with Crippen LogP contribution in [0.5, 0.6) is 5.75 Å². The first-order valence-corrected chi connectivity index (χ1v) is 8.33. The second kappa shape index (κ2) is 5.24. The second-order valence-corrected chi connectivity index (χ2v) is 7.86. The average Bonchev–Trinajstić information content (AvgIpc) is 2.50. The Hall–Kier alpha value is -1.06. The lowest BCUT2D eigenvalue weighted by Crippen LogP contribution is -2.53. The van der Waals surface area contributed by atoms with Crippen LogP contribution in [0.25, 0.3) is 0 Å². The van der Waals surface area contributed by atoms with Crippen LogP contribution < -0.4 is 4.74 Å². The van der Waals surface area contributed by atoms with Gasteiger partial charge in [0.25, 0.3) is 0 Å². The predicted molar refractivity (Wildman–Crippen MR) is 87.1 cm³/mol. The number of benzene rings is 1. The molecule has 2 aliphatic rings. The van der Waals surface area contributed by atoms with Crippen molar-refractivity contribution < 1.29 is 14.9 Å². The van der Waals surface area contributed by atoms with Gasteiger partial charge in [0, 0.05) is 5.56 Å². The van der Waals surface area contributed by atoms with E-state index >= 15 is 0 Å². The topological polar surface area (TPSA) is 49.7 Å². The van der Waals surface area contributed by atoms with E-state index in [4.69, 9.17) is 4.74 Å². The van der Waals surface area contributed by atoms with Crippen molar-refractivity contribution in [3.8, 4) is 5.75 Å². The van der Waals surface area contributed by atoms with E-state index < -0.39 is 0 Å². The smallest absolute Gasteiger partial charge is 0.124 e. The molecule has 0 heterocycles. The lowest BCUT2D eigenvalue weighted by molar-refractivity contribution is -0.0731. The van der Waals surface area contributed by atoms with Crippen molar-refractivity contribution in [2.24, 2.45) is 11.3 Å². The number of rotatable bonds is 2. The summed E-state index contributed by atoms with van der Waals surface area (Å²) in [4.78, 5) is 0. The van der Waals surface area contributed by atoms with E-state index in [2.05, 4.69) is 32.9 Å². The van der Waals surface area contributed by atoms with Gasteiger partial charge >= 0.3 is 0 Å². The maximum Gasteiger partial charge on any atom is 0.124 e. The van der Waals surface area contributed by atoms with Crippen LogP contribution in [0, 0.1) is 11.3 Å². The maximum absolute atomic E-state index is 10.5. The van der Waals surface area contributed by atoms with Crippen LogP contribution >= 0.6 is 0 Å². The van der Waals surface area contributed by atoms with E-state index in [1.807, 2.05) is 0 Å². The van der Waals surface area contributed by atoms with Gasteiger partial charge in [0.1, 0.15) is 5.75 Å². The molecule has 0 saturated heterocycles. The SMILES string of the molecule is COc1cc2c(cc1CO)CC[C@H]1C(C)(C)[C@@H](O)CC[C@]21C. The van der Waals surface area contributed by atoms with Crippen LogP contribution in [0.2, 0.25) is 0 Å². The van der Waals surface area contributed by atoms with E-state index in [1.54, 1.807) is 7.11 Å². The standard InChI is InChI=1S/C19H28O3/c1-18(2)16-6-5-12-9-13(11-20)15(22-4)10-14(12)19(16,3)8-7-17(18)21/h9-10,16-17,20-21H,5-8,11H2,1-4H3/t16-,17-,19+/m0/s1. The number of hydrogen-bond donors (Lipinski definition) is 2. The van der Waals surface area contributed by atoms with Crippen LogP contribution in [-0.4, -0.2) is 23.4 Å². The Morgan fingerprint density at radius 1 is 1.23 bits per heavy atom. The van der Waals surface area contributed by atoms with Gasteiger partial charge in [0.05, 0.1) is 19.8 Å². The van der Waals surface area contributed by atoms with E-state index in [9.17, 15) is 10.2 Å². The first-order chi connectivity index (χ1) is 10.3. The molecular formula is C19H28O3. The summed E-state index contributed by atoms with van der Waals surface area (Å²) in [6, 6.07) is 4.26. The molecule has 1 aromatic carbocycles. The van der Waals surface area contributed by atoms with Crippen LogP contribution in [0.15, 0.2) is 12.1 Å². The van der Waals surface area contributed by atoms with E-state index in [0.717, 1.165) is 37.0 Å². The molecule has 0 aromatic heterocycles. The minimum atomic E-state index is -0.217. The van der Waals surface area contributed by atoms with Gasteiger partial charge in [-0.2, -0.15) is 0 Å². The number of methoxy groups -OCH3 is 1. The summed E-state index contributed by atoms with van der Waals surface area (Å²) in [5, 5.41) is 20.0. The van der Waals surface area contributed by atoms with Gasteiger partial charge in [-0.25, -0.2) is 0 Å². The van der Waals surface area contributed by atoms with Crippen LogP contribution in [0.4, 0.5) is 0 Å². The maximum atomic E-state index is 10.5. The molecule has 3 rings (SSSR count). The van der Waals surface area contributed by atoms with Gasteiger partial charge in [-0.05, 0) is 65.7 Å². The third kappa shape index (κ3) is 2.10. The first kappa shape index (κ1) is 15.8. The largest absolute Gasteiger partial charge is 0.496 e. The molecule has 0 aliphatic heterocycles. The normalized spacial score (nSPS) is 33.0. The molecule has 1 saturated carbocycles. The first-order valence-electron chi connectivity index (χ1n) is 8.33. The summed E-state index contributed by atoms with van der Waals surface area (Å²) in [5.41, 5.74) is 3.59. The highest BCUT2D eigenvalue weighted by Crippen LogP contribution is 2.57. The molecule has 3 atom stereocenters. The summed E-state index contributed by atoms with van der Waals surface area (Å²) in [5.74, 6) is 1.26. The fourth-order valence-corrected chi connectivity index (χ4v) is 5.08. The zero-order chi connectivity index (χ0) is 16.1. The number of hydrogen-bond acceptors (Lipinski definition) is 3. The molecule has 0 radical (unpaired) electrons. The Balaban J connectivity index is 2.12. The molecule has 2 N–H and O–H groups in total. The predicted octanol–water partition coefficient (Wildman–Crippen LogP) is 3.19. The molecule has 3 heteroatoms. The summed E-state index contributed by atoms with van der Waals surface area (Å²) >= 11 is 0. The average molecular weight is 304 g/mol. The summed E-state index contributed by atoms with van der Waals surface area (Å²) < 4.78 is 5.49. The van der Waals surface area contributed by atoms with Gasteiger partial charge in [-0.3, -0.25) is 0 Å². The molecule has 0 bridgehead atoms. The molecule has 1 aromatic rings. The quantitative estimate of drug-likeness (QED) is 0.882. The fraction of sp³-hybridized carbons (Fsp3) is 0.684. The molecular weight excluding hydrogens is 276 g/mol. The van der Waals surface area contributed by atoms with Crippen molar-refractivity contribution in [3.05, 3.63) is 28.8 Å². The molecule has 0 spiro atoms. The Morgan fingerprint density at radius 3 is 2.59 bits per heavy atom. The fourth-order valence-electron chi connectivity index (χ4n) is 5.08. The van der Waals surface area contributed by atoms with Crippen molar-refractivity contribution in [2.75, 3.05) is 7.11 Å². The molecule has 2 aliphatic carbocycles. The van der Waals surface area contributed by atoms with Crippen molar-refractivity contribution >= 4 is 0 Å². The van der Waals surface area contributed by atoms with Gasteiger partial charge in [-0.15, -0.1) is 0 Å². The molecule has 0 amide bonds. The summed E-state index contributed by atoms with van der Waals surface area (Å²) in [7, 11) is 1.66. The van der Waals surface area contributed by atoms with E-state index in [-0.39, 0.29) is 23.5 Å². The Bertz CT molecular complexity index is 578. The molecule has 22 heavy (non-hydrogen) atoms. The molecule has 3 nitrogen and oxygen atoms in total. The van der Waals surface area contributed by atoms with Crippen LogP contribution in [0.3, 0.4) is 0 Å². The van der Waals surface area contributed by atoms with Crippen molar-refractivity contribution in [1.29, 1.82) is 0 Å². The van der Waals surface area contributed by atoms with Gasteiger partial charge < -0.3 is 14.9 Å². The zero-order valence-electron chi connectivity index (χ0n) is 14.1. The molecule has 1 fully saturated rings. The lowest BCUT2D eigenvalue weighted by atomic mass is 9.49. The molecule has 122 valence electrons. The monoisotopic (exact) mass is 304 g/mol. The minimum Gasteiger partial charge on any atom is -0.496 e. The van der Waals surface area contributed by atoms with Crippen molar-refractivity contribution in [2.45, 2.75) is 64.6 Å². The minimum absolute atomic E-state index is 0.0147. The highest BCUT2D eigenvalue weighted by molar-refractivity contribution is 5.48. The number of aryl methyl sites for hydroxylation is 1. The number of aliphatic hydroxyl groups excluding tert-OH is 2. The van der Waals surface area contributed by atoms with Crippen molar-refractivity contribution in [3.63, 3.8) is 0 Å². The lowest BCUT2D eigenvalue weighted by Gasteiger charge is -2.56. The van der Waals surface area contributed by atoms with E-state index in [0.29, 0.717) is 5.92 Å². The zero-order valence-corrected chi connectivity index (χ0v) is 14.1. The highest BCUT2D eigenvalue weighted by atomic mass is 16.5. The molecule has 0 unspecified atom stereocenters. The number of ether oxygens (including phenoxy) is 1. The second-order valence-electron chi connectivity index (χ2n) is 7.86. The number of aliphatic hydroxyl groups is 2. The number of fused-ring (bicyclic) bond motifs is 3. The third-order valence-corrected chi connectivity index (χ3v) is 6.46. The van der Waals surface area contributed by atoms with Gasteiger partial charge in [-0.1, -0.05) is 20.8 Å². The van der Waals surface area contributed by atoms with Crippen LogP contribution in [-0.2, 0) is 18.4 Å². The van der Waals surface area contributed by atoms with Gasteiger partial charge in [0.15, 0.2) is 0 Å². The highest BCUT2D eigenvalue weighted by Gasteiger charge is 2.53. The van der Waals surface area contributed by atoms with Crippen molar-refractivity contribution in [1.82, 2.24) is 0 Å². The van der Waals surface area contributed by atoms with E-state index in [1.165, 1.54) is 11.1 Å². The van der Waals surface area contributed by atoms with Gasteiger partial charge in [0.2, 0.25) is 0 Å². The Morgan fingerprint density at radius 2 is 1.95 bits per heavy atom. The Labute approximate surface area is 133 Å². The summed E-state index contributed by atoms with van der Waals surface area (Å²) in [6.45, 7) is 6.79.